The molecule has 1 aromatic rings. The SMILES string of the molecule is Fc1cccc(C2CCC3(CC2)OCCO3)c1F. The Morgan fingerprint density at radius 1 is 1.06 bits per heavy atom. The topological polar surface area (TPSA) is 18.5 Å². The molecule has 1 aliphatic carbocycles. The van der Waals surface area contributed by atoms with E-state index in [4.69, 9.17) is 9.47 Å². The van der Waals surface area contributed by atoms with Gasteiger partial charge in [-0.25, -0.2) is 8.78 Å². The van der Waals surface area contributed by atoms with Crippen molar-refractivity contribution in [2.24, 2.45) is 0 Å². The molecule has 0 radical (unpaired) electrons. The Morgan fingerprint density at radius 3 is 2.39 bits per heavy atom. The minimum Gasteiger partial charge on any atom is -0.348 e. The third-order valence-corrected chi connectivity index (χ3v) is 3.98. The largest absolute Gasteiger partial charge is 0.348 e. The first kappa shape index (κ1) is 12.1. The Labute approximate surface area is 105 Å². The summed E-state index contributed by atoms with van der Waals surface area (Å²) in [6.07, 6.45) is 3.07. The van der Waals surface area contributed by atoms with Gasteiger partial charge in [-0.05, 0) is 30.4 Å². The fraction of sp³-hybridized carbons (Fsp3) is 0.571. The highest BCUT2D eigenvalue weighted by Gasteiger charge is 2.41. The Morgan fingerprint density at radius 2 is 1.72 bits per heavy atom. The summed E-state index contributed by atoms with van der Waals surface area (Å²) in [6, 6.07) is 4.41. The van der Waals surface area contributed by atoms with Gasteiger partial charge in [0.25, 0.3) is 0 Å². The molecule has 2 fully saturated rings. The third kappa shape index (κ3) is 2.04. The second-order valence-corrected chi connectivity index (χ2v) is 5.02. The van der Waals surface area contributed by atoms with Gasteiger partial charge in [0.15, 0.2) is 17.4 Å². The molecule has 1 saturated heterocycles. The summed E-state index contributed by atoms with van der Waals surface area (Å²) in [6.45, 7) is 1.28. The highest BCUT2D eigenvalue weighted by atomic mass is 19.2. The molecule has 98 valence electrons. The van der Waals surface area contributed by atoms with Gasteiger partial charge in [-0.1, -0.05) is 12.1 Å². The lowest BCUT2D eigenvalue weighted by molar-refractivity contribution is -0.178. The maximum absolute atomic E-state index is 13.7. The average Bonchev–Trinajstić information content (AvgIpc) is 2.83. The van der Waals surface area contributed by atoms with Crippen LogP contribution in [0.25, 0.3) is 0 Å². The van der Waals surface area contributed by atoms with Gasteiger partial charge < -0.3 is 9.47 Å². The average molecular weight is 254 g/mol. The van der Waals surface area contributed by atoms with E-state index in [1.165, 1.54) is 0 Å². The summed E-state index contributed by atoms with van der Waals surface area (Å²) in [5, 5.41) is 0. The van der Waals surface area contributed by atoms with E-state index >= 15 is 0 Å². The Kier molecular flexibility index (Phi) is 3.08. The summed E-state index contributed by atoms with van der Waals surface area (Å²) in [5.74, 6) is -1.84. The smallest absolute Gasteiger partial charge is 0.168 e. The molecule has 2 aliphatic rings. The first-order valence-corrected chi connectivity index (χ1v) is 6.42. The predicted molar refractivity (Wildman–Crippen MR) is 62.2 cm³/mol. The highest BCUT2D eigenvalue weighted by molar-refractivity contribution is 5.23. The first-order chi connectivity index (χ1) is 8.70. The van der Waals surface area contributed by atoms with E-state index in [1.807, 2.05) is 0 Å². The molecule has 1 saturated carbocycles. The Balaban J connectivity index is 1.74. The van der Waals surface area contributed by atoms with Crippen molar-refractivity contribution in [3.05, 3.63) is 35.4 Å². The third-order valence-electron chi connectivity index (χ3n) is 3.98. The molecule has 0 bridgehead atoms. The van der Waals surface area contributed by atoms with Crippen LogP contribution in [0.1, 0.15) is 37.2 Å². The fourth-order valence-corrected chi connectivity index (χ4v) is 2.99. The van der Waals surface area contributed by atoms with Crippen LogP contribution in [0.3, 0.4) is 0 Å². The predicted octanol–water partition coefficient (Wildman–Crippen LogP) is 3.37. The number of hydrogen-bond acceptors (Lipinski definition) is 2. The zero-order valence-electron chi connectivity index (χ0n) is 10.1. The van der Waals surface area contributed by atoms with Crippen LogP contribution in [0.4, 0.5) is 8.78 Å². The van der Waals surface area contributed by atoms with Crippen molar-refractivity contribution >= 4 is 0 Å². The second kappa shape index (κ2) is 4.59. The molecule has 0 unspecified atom stereocenters. The van der Waals surface area contributed by atoms with Crippen molar-refractivity contribution in [1.29, 1.82) is 0 Å². The minimum atomic E-state index is -0.763. The van der Waals surface area contributed by atoms with Crippen LogP contribution in [-0.4, -0.2) is 19.0 Å². The van der Waals surface area contributed by atoms with Crippen LogP contribution in [0.2, 0.25) is 0 Å². The van der Waals surface area contributed by atoms with Crippen molar-refractivity contribution in [3.8, 4) is 0 Å². The lowest BCUT2D eigenvalue weighted by atomic mass is 9.81. The number of halogens is 2. The zero-order valence-corrected chi connectivity index (χ0v) is 10.1. The standard InChI is InChI=1S/C14H16F2O2/c15-12-3-1-2-11(13(12)16)10-4-6-14(7-5-10)17-8-9-18-14/h1-3,10H,4-9H2. The summed E-state index contributed by atoms with van der Waals surface area (Å²) < 4.78 is 38.2. The molecule has 1 spiro atoms. The minimum absolute atomic E-state index is 0.0686. The van der Waals surface area contributed by atoms with Crippen LogP contribution in [0.15, 0.2) is 18.2 Å². The molecule has 2 nitrogen and oxygen atoms in total. The number of benzene rings is 1. The Bertz CT molecular complexity index is 431. The molecular formula is C14H16F2O2. The van der Waals surface area contributed by atoms with Gasteiger partial charge in [0.1, 0.15) is 0 Å². The van der Waals surface area contributed by atoms with Gasteiger partial charge in [-0.3, -0.25) is 0 Å². The zero-order chi connectivity index (χ0) is 12.6. The summed E-state index contributed by atoms with van der Waals surface area (Å²) in [4.78, 5) is 0. The lowest BCUT2D eigenvalue weighted by Gasteiger charge is -2.35. The van der Waals surface area contributed by atoms with Gasteiger partial charge in [-0.15, -0.1) is 0 Å². The Hall–Kier alpha value is -1.00. The van der Waals surface area contributed by atoms with Crippen LogP contribution >= 0.6 is 0 Å². The summed E-state index contributed by atoms with van der Waals surface area (Å²) in [7, 11) is 0. The maximum Gasteiger partial charge on any atom is 0.168 e. The van der Waals surface area contributed by atoms with Gasteiger partial charge >= 0.3 is 0 Å². The number of hydrogen-bond donors (Lipinski definition) is 0. The van der Waals surface area contributed by atoms with E-state index in [9.17, 15) is 8.78 Å². The highest BCUT2D eigenvalue weighted by Crippen LogP contribution is 2.42. The molecule has 1 aliphatic heterocycles. The molecule has 0 atom stereocenters. The van der Waals surface area contributed by atoms with Crippen molar-refractivity contribution in [2.75, 3.05) is 13.2 Å². The normalized spacial score (nSPS) is 23.7. The molecule has 1 aromatic carbocycles. The summed E-state index contributed by atoms with van der Waals surface area (Å²) >= 11 is 0. The van der Waals surface area contributed by atoms with Gasteiger partial charge in [0, 0.05) is 12.8 Å². The van der Waals surface area contributed by atoms with Crippen LogP contribution in [0, 0.1) is 11.6 Å². The lowest BCUT2D eigenvalue weighted by Crippen LogP contribution is -2.34. The van der Waals surface area contributed by atoms with Crippen LogP contribution in [0.5, 0.6) is 0 Å². The van der Waals surface area contributed by atoms with Crippen LogP contribution in [-0.2, 0) is 9.47 Å². The molecule has 1 heterocycles. The van der Waals surface area contributed by atoms with E-state index in [0.29, 0.717) is 18.8 Å². The molecule has 4 heteroatoms. The fourth-order valence-electron chi connectivity index (χ4n) is 2.99. The molecule has 18 heavy (non-hydrogen) atoms. The van der Waals surface area contributed by atoms with Crippen molar-refractivity contribution < 1.29 is 18.3 Å². The number of ether oxygens (including phenoxy) is 2. The van der Waals surface area contributed by atoms with Gasteiger partial charge in [0.05, 0.1) is 13.2 Å². The van der Waals surface area contributed by atoms with E-state index in [0.717, 1.165) is 31.7 Å². The molecule has 0 N–H and O–H groups in total. The van der Waals surface area contributed by atoms with Crippen molar-refractivity contribution in [2.45, 2.75) is 37.4 Å². The van der Waals surface area contributed by atoms with E-state index in [1.54, 1.807) is 12.1 Å². The molecule has 0 aromatic heterocycles. The van der Waals surface area contributed by atoms with Gasteiger partial charge in [0.2, 0.25) is 0 Å². The van der Waals surface area contributed by atoms with E-state index < -0.39 is 17.4 Å². The van der Waals surface area contributed by atoms with Crippen molar-refractivity contribution in [1.82, 2.24) is 0 Å². The number of rotatable bonds is 1. The molecule has 0 amide bonds. The van der Waals surface area contributed by atoms with E-state index in [2.05, 4.69) is 0 Å². The quantitative estimate of drug-likeness (QED) is 0.765. The van der Waals surface area contributed by atoms with Gasteiger partial charge in [-0.2, -0.15) is 0 Å². The maximum atomic E-state index is 13.7. The van der Waals surface area contributed by atoms with E-state index in [-0.39, 0.29) is 5.92 Å². The van der Waals surface area contributed by atoms with Crippen LogP contribution < -0.4 is 0 Å². The van der Waals surface area contributed by atoms with Crippen molar-refractivity contribution in [3.63, 3.8) is 0 Å². The second-order valence-electron chi connectivity index (χ2n) is 5.02. The summed E-state index contributed by atoms with van der Waals surface area (Å²) in [5.41, 5.74) is 0.489. The molecule has 3 rings (SSSR count). The monoisotopic (exact) mass is 254 g/mol. The first-order valence-electron chi connectivity index (χ1n) is 6.42. The molecular weight excluding hydrogens is 238 g/mol.